The van der Waals surface area contributed by atoms with Gasteiger partial charge >= 0.3 is 5.97 Å². The van der Waals surface area contributed by atoms with Gasteiger partial charge in [-0.05, 0) is 19.2 Å². The molecule has 1 heterocycles. The molecule has 1 atom stereocenters. The number of hydrogen-bond acceptors (Lipinski definition) is 5. The number of hydrogen-bond donors (Lipinski definition) is 1. The number of likely N-dealkylation sites (N-methyl/N-ethyl adjacent to an activating group) is 1. The van der Waals surface area contributed by atoms with E-state index in [2.05, 4.69) is 39.4 Å². The molecule has 0 spiro atoms. The van der Waals surface area contributed by atoms with E-state index in [0.717, 1.165) is 26.2 Å². The Kier molecular flexibility index (Phi) is 5.38. The van der Waals surface area contributed by atoms with Crippen molar-refractivity contribution in [1.29, 1.82) is 0 Å². The first-order valence-electron chi connectivity index (χ1n) is 7.02. The zero-order valence-electron chi connectivity index (χ0n) is 12.2. The molecular weight excluding hydrogens is 254 g/mol. The van der Waals surface area contributed by atoms with Crippen molar-refractivity contribution in [3.63, 3.8) is 0 Å². The van der Waals surface area contributed by atoms with Crippen molar-refractivity contribution in [2.45, 2.75) is 6.04 Å². The fraction of sp³-hybridized carbons (Fsp3) is 0.533. The van der Waals surface area contributed by atoms with Gasteiger partial charge in [-0.2, -0.15) is 0 Å². The van der Waals surface area contributed by atoms with Crippen LogP contribution in [-0.2, 0) is 9.53 Å². The number of para-hydroxylation sites is 1. The quantitative estimate of drug-likeness (QED) is 0.797. The zero-order chi connectivity index (χ0) is 14.4. The van der Waals surface area contributed by atoms with Gasteiger partial charge in [-0.3, -0.25) is 9.69 Å². The smallest absolute Gasteiger partial charge is 0.324 e. The minimum atomic E-state index is -0.247. The minimum Gasteiger partial charge on any atom is -0.468 e. The normalized spacial score (nSPS) is 17.8. The molecule has 1 saturated heterocycles. The molecule has 1 fully saturated rings. The van der Waals surface area contributed by atoms with Crippen LogP contribution in [0, 0.1) is 0 Å². The Morgan fingerprint density at radius 2 is 1.90 bits per heavy atom. The fourth-order valence-electron chi connectivity index (χ4n) is 2.51. The van der Waals surface area contributed by atoms with E-state index in [0.29, 0.717) is 6.54 Å². The number of benzene rings is 1. The number of carbonyl (C=O) groups is 1. The van der Waals surface area contributed by atoms with E-state index in [4.69, 9.17) is 4.74 Å². The first kappa shape index (κ1) is 14.8. The molecule has 0 aliphatic carbocycles. The third-order valence-electron chi connectivity index (χ3n) is 3.77. The highest BCUT2D eigenvalue weighted by Crippen LogP contribution is 2.15. The van der Waals surface area contributed by atoms with Crippen LogP contribution in [0.5, 0.6) is 0 Å². The summed E-state index contributed by atoms with van der Waals surface area (Å²) in [7, 11) is 3.22. The van der Waals surface area contributed by atoms with Gasteiger partial charge in [0.2, 0.25) is 0 Å². The van der Waals surface area contributed by atoms with Crippen molar-refractivity contribution in [3.8, 4) is 0 Å². The molecule has 1 unspecified atom stereocenters. The maximum atomic E-state index is 11.6. The number of nitrogens with one attached hydrogen (secondary N) is 1. The molecule has 0 amide bonds. The standard InChI is InChI=1S/C15H23N3O2/c1-16-14(15(19)20-2)12-17-8-10-18(11-9-17)13-6-4-3-5-7-13/h3-7,14,16H,8-12H2,1-2H3. The van der Waals surface area contributed by atoms with Crippen molar-refractivity contribution < 1.29 is 9.53 Å². The highest BCUT2D eigenvalue weighted by Gasteiger charge is 2.23. The number of esters is 1. The average molecular weight is 277 g/mol. The molecule has 1 aromatic carbocycles. The first-order valence-corrected chi connectivity index (χ1v) is 7.02. The second kappa shape index (κ2) is 7.26. The molecule has 2 rings (SSSR count). The average Bonchev–Trinajstić information content (AvgIpc) is 2.53. The Morgan fingerprint density at radius 1 is 1.25 bits per heavy atom. The largest absolute Gasteiger partial charge is 0.468 e. The van der Waals surface area contributed by atoms with E-state index in [1.807, 2.05) is 6.07 Å². The Bertz CT molecular complexity index is 416. The van der Waals surface area contributed by atoms with Crippen LogP contribution in [0.1, 0.15) is 0 Å². The molecule has 1 aliphatic heterocycles. The lowest BCUT2D eigenvalue weighted by Gasteiger charge is -2.37. The van der Waals surface area contributed by atoms with Crippen molar-refractivity contribution in [3.05, 3.63) is 30.3 Å². The van der Waals surface area contributed by atoms with E-state index in [1.165, 1.54) is 12.8 Å². The highest BCUT2D eigenvalue weighted by atomic mass is 16.5. The highest BCUT2D eigenvalue weighted by molar-refractivity contribution is 5.75. The van der Waals surface area contributed by atoms with Crippen LogP contribution < -0.4 is 10.2 Å². The summed E-state index contributed by atoms with van der Waals surface area (Å²) in [5, 5.41) is 3.01. The van der Waals surface area contributed by atoms with Gasteiger partial charge in [-0.25, -0.2) is 0 Å². The predicted molar refractivity (Wildman–Crippen MR) is 80.0 cm³/mol. The van der Waals surface area contributed by atoms with E-state index >= 15 is 0 Å². The lowest BCUT2D eigenvalue weighted by Crippen LogP contribution is -2.52. The van der Waals surface area contributed by atoms with Gasteiger partial charge in [0.05, 0.1) is 7.11 Å². The third kappa shape index (κ3) is 3.71. The molecule has 0 aromatic heterocycles. The number of anilines is 1. The van der Waals surface area contributed by atoms with E-state index < -0.39 is 0 Å². The van der Waals surface area contributed by atoms with Crippen molar-refractivity contribution in [1.82, 2.24) is 10.2 Å². The molecule has 0 radical (unpaired) electrons. The summed E-state index contributed by atoms with van der Waals surface area (Å²) < 4.78 is 4.80. The summed E-state index contributed by atoms with van der Waals surface area (Å²) in [6.07, 6.45) is 0. The van der Waals surface area contributed by atoms with Gasteiger partial charge in [-0.15, -0.1) is 0 Å². The molecule has 20 heavy (non-hydrogen) atoms. The Labute approximate surface area is 120 Å². The predicted octanol–water partition coefficient (Wildman–Crippen LogP) is 0.570. The molecule has 1 aliphatic rings. The summed E-state index contributed by atoms with van der Waals surface area (Å²) in [6.45, 7) is 4.60. The molecule has 110 valence electrons. The number of rotatable bonds is 5. The van der Waals surface area contributed by atoms with Crippen molar-refractivity contribution >= 4 is 11.7 Å². The van der Waals surface area contributed by atoms with Gasteiger partial charge in [0.15, 0.2) is 0 Å². The van der Waals surface area contributed by atoms with Gasteiger partial charge in [0.1, 0.15) is 6.04 Å². The SMILES string of the molecule is CNC(CN1CCN(c2ccccc2)CC1)C(=O)OC. The molecular formula is C15H23N3O2. The van der Waals surface area contributed by atoms with Crippen LogP contribution >= 0.6 is 0 Å². The third-order valence-corrected chi connectivity index (χ3v) is 3.77. The Balaban J connectivity index is 1.84. The van der Waals surface area contributed by atoms with E-state index in [-0.39, 0.29) is 12.0 Å². The zero-order valence-corrected chi connectivity index (χ0v) is 12.2. The number of piperazine rings is 1. The van der Waals surface area contributed by atoms with Gasteiger partial charge < -0.3 is 15.0 Å². The molecule has 5 heteroatoms. The lowest BCUT2D eigenvalue weighted by atomic mass is 10.2. The Morgan fingerprint density at radius 3 is 2.45 bits per heavy atom. The van der Waals surface area contributed by atoms with Crippen LogP contribution in [0.15, 0.2) is 30.3 Å². The maximum Gasteiger partial charge on any atom is 0.324 e. The van der Waals surface area contributed by atoms with Crippen LogP contribution in [0.25, 0.3) is 0 Å². The number of methoxy groups -OCH3 is 1. The summed E-state index contributed by atoms with van der Waals surface area (Å²) in [4.78, 5) is 16.3. The van der Waals surface area contributed by atoms with Crippen LogP contribution in [0.4, 0.5) is 5.69 Å². The van der Waals surface area contributed by atoms with Gasteiger partial charge in [0, 0.05) is 38.4 Å². The van der Waals surface area contributed by atoms with E-state index in [9.17, 15) is 4.79 Å². The number of ether oxygens (including phenoxy) is 1. The Hall–Kier alpha value is -1.59. The topological polar surface area (TPSA) is 44.8 Å². The second-order valence-electron chi connectivity index (χ2n) is 4.99. The molecule has 1 aromatic rings. The lowest BCUT2D eigenvalue weighted by molar-refractivity contribution is -0.143. The van der Waals surface area contributed by atoms with Crippen molar-refractivity contribution in [2.24, 2.45) is 0 Å². The summed E-state index contributed by atoms with van der Waals surface area (Å²) in [5.41, 5.74) is 1.27. The van der Waals surface area contributed by atoms with Gasteiger partial charge in [0.25, 0.3) is 0 Å². The molecule has 0 saturated carbocycles. The van der Waals surface area contributed by atoms with Crippen molar-refractivity contribution in [2.75, 3.05) is 51.8 Å². The maximum absolute atomic E-state index is 11.6. The van der Waals surface area contributed by atoms with Gasteiger partial charge in [-0.1, -0.05) is 18.2 Å². The first-order chi connectivity index (χ1) is 9.74. The molecule has 0 bridgehead atoms. The minimum absolute atomic E-state index is 0.196. The summed E-state index contributed by atoms with van der Waals surface area (Å²) >= 11 is 0. The second-order valence-corrected chi connectivity index (χ2v) is 4.99. The van der Waals surface area contributed by atoms with Crippen LogP contribution in [-0.4, -0.2) is 63.8 Å². The molecule has 5 nitrogen and oxygen atoms in total. The van der Waals surface area contributed by atoms with Crippen LogP contribution in [0.3, 0.4) is 0 Å². The monoisotopic (exact) mass is 277 g/mol. The number of nitrogens with zero attached hydrogens (tertiary/aromatic N) is 2. The fourth-order valence-corrected chi connectivity index (χ4v) is 2.51. The summed E-state index contributed by atoms with van der Waals surface area (Å²) in [5.74, 6) is -0.196. The number of carbonyl (C=O) groups excluding carboxylic acids is 1. The van der Waals surface area contributed by atoms with E-state index in [1.54, 1.807) is 7.05 Å². The van der Waals surface area contributed by atoms with Crippen LogP contribution in [0.2, 0.25) is 0 Å². The molecule has 1 N–H and O–H groups in total. The summed E-state index contributed by atoms with van der Waals surface area (Å²) in [6, 6.07) is 10.2.